The van der Waals surface area contributed by atoms with Gasteiger partial charge in [-0.1, -0.05) is 31.4 Å². The van der Waals surface area contributed by atoms with E-state index in [2.05, 4.69) is 20.6 Å². The molecule has 1 atom stereocenters. The number of nitrogens with two attached hydrogens (primary N) is 1. The number of nitrogens with zero attached hydrogens (tertiary/aromatic N) is 4. The summed E-state index contributed by atoms with van der Waals surface area (Å²) >= 11 is 0. The van der Waals surface area contributed by atoms with Crippen molar-refractivity contribution in [2.24, 2.45) is 11.7 Å². The Bertz CT molecular complexity index is 1130. The predicted octanol–water partition coefficient (Wildman–Crippen LogP) is 4.03. The molecular formula is C23H27F3N6O2. The molecule has 1 amide bonds. The van der Waals surface area contributed by atoms with Crippen LogP contribution < -0.4 is 11.1 Å². The molecule has 1 fully saturated rings. The quantitative estimate of drug-likeness (QED) is 0.533. The highest BCUT2D eigenvalue weighted by Crippen LogP contribution is 2.33. The van der Waals surface area contributed by atoms with E-state index < -0.39 is 17.9 Å². The lowest BCUT2D eigenvalue weighted by molar-refractivity contribution is -0.141. The first-order valence-electron chi connectivity index (χ1n) is 11.3. The van der Waals surface area contributed by atoms with Crippen LogP contribution in [0.15, 0.2) is 34.7 Å². The number of carbonyl (C=O) groups is 1. The van der Waals surface area contributed by atoms with E-state index in [0.717, 1.165) is 36.4 Å². The Balaban J connectivity index is 1.63. The number of hydrogen-bond donors (Lipinski definition) is 2. The second-order valence-electron chi connectivity index (χ2n) is 8.71. The van der Waals surface area contributed by atoms with Gasteiger partial charge >= 0.3 is 6.18 Å². The number of amides is 1. The van der Waals surface area contributed by atoms with Gasteiger partial charge in [0.1, 0.15) is 5.69 Å². The van der Waals surface area contributed by atoms with Crippen molar-refractivity contribution in [2.45, 2.75) is 64.2 Å². The van der Waals surface area contributed by atoms with Gasteiger partial charge in [-0.15, -0.1) is 10.2 Å². The molecule has 3 aromatic rings. The molecule has 0 saturated heterocycles. The van der Waals surface area contributed by atoms with Crippen LogP contribution in [0.1, 0.15) is 56.2 Å². The van der Waals surface area contributed by atoms with Crippen molar-refractivity contribution in [3.05, 3.63) is 47.5 Å². The number of hydrogen-bond acceptors (Lipinski definition) is 6. The lowest BCUT2D eigenvalue weighted by Gasteiger charge is -2.19. The predicted molar refractivity (Wildman–Crippen MR) is 118 cm³/mol. The number of aromatic nitrogens is 4. The van der Waals surface area contributed by atoms with E-state index in [-0.39, 0.29) is 24.0 Å². The van der Waals surface area contributed by atoms with Gasteiger partial charge in [0.25, 0.3) is 5.89 Å². The van der Waals surface area contributed by atoms with Crippen molar-refractivity contribution >= 4 is 5.91 Å². The van der Waals surface area contributed by atoms with Gasteiger partial charge in [0, 0.05) is 19.0 Å². The number of alkyl halides is 3. The highest BCUT2D eigenvalue weighted by Gasteiger charge is 2.36. The molecule has 0 unspecified atom stereocenters. The van der Waals surface area contributed by atoms with E-state index >= 15 is 0 Å². The Morgan fingerprint density at radius 1 is 1.24 bits per heavy atom. The van der Waals surface area contributed by atoms with Gasteiger partial charge in [-0.2, -0.15) is 18.3 Å². The number of nitrogens with one attached hydrogen (secondary N) is 1. The summed E-state index contributed by atoms with van der Waals surface area (Å²) in [6.07, 6.45) is 1.68. The second kappa shape index (κ2) is 9.96. The molecule has 3 N–H and O–H groups in total. The highest BCUT2D eigenvalue weighted by atomic mass is 19.4. The van der Waals surface area contributed by atoms with Crippen LogP contribution in [0.2, 0.25) is 0 Å². The molecule has 0 radical (unpaired) electrons. The summed E-state index contributed by atoms with van der Waals surface area (Å²) in [5.41, 5.74) is 5.57. The third-order valence-corrected chi connectivity index (χ3v) is 5.91. The molecule has 0 bridgehead atoms. The number of halogens is 3. The molecule has 4 rings (SSSR count). The molecule has 34 heavy (non-hydrogen) atoms. The van der Waals surface area contributed by atoms with Gasteiger partial charge in [-0.25, -0.2) is 4.68 Å². The largest absolute Gasteiger partial charge is 0.435 e. The summed E-state index contributed by atoms with van der Waals surface area (Å²) < 4.78 is 47.4. The Hall–Kier alpha value is -3.21. The molecule has 182 valence electrons. The maximum atomic E-state index is 13.5. The van der Waals surface area contributed by atoms with Crippen molar-refractivity contribution in [1.82, 2.24) is 25.3 Å². The van der Waals surface area contributed by atoms with Gasteiger partial charge < -0.3 is 15.5 Å². The summed E-state index contributed by atoms with van der Waals surface area (Å²) in [5, 5.41) is 14.6. The first-order valence-corrected chi connectivity index (χ1v) is 11.3. The maximum absolute atomic E-state index is 13.5. The van der Waals surface area contributed by atoms with E-state index in [9.17, 15) is 18.0 Å². The van der Waals surface area contributed by atoms with Crippen molar-refractivity contribution in [2.75, 3.05) is 0 Å². The average Bonchev–Trinajstić information content (AvgIpc) is 3.45. The Morgan fingerprint density at radius 2 is 2.00 bits per heavy atom. The third-order valence-electron chi connectivity index (χ3n) is 5.91. The molecule has 11 heteroatoms. The summed E-state index contributed by atoms with van der Waals surface area (Å²) in [6.45, 7) is 1.73. The molecule has 1 aliphatic rings. The van der Waals surface area contributed by atoms with Gasteiger partial charge in [-0.3, -0.25) is 4.79 Å². The van der Waals surface area contributed by atoms with Crippen LogP contribution in [0.25, 0.3) is 17.3 Å². The second-order valence-corrected chi connectivity index (χ2v) is 8.71. The third kappa shape index (κ3) is 5.64. The fraction of sp³-hybridized carbons (Fsp3) is 0.478. The summed E-state index contributed by atoms with van der Waals surface area (Å²) in [7, 11) is 0. The number of rotatable bonds is 7. The van der Waals surface area contributed by atoms with E-state index in [1.807, 2.05) is 0 Å². The number of benzene rings is 1. The van der Waals surface area contributed by atoms with Crippen molar-refractivity contribution in [1.29, 1.82) is 0 Å². The molecule has 0 aliphatic heterocycles. The van der Waals surface area contributed by atoms with E-state index in [0.29, 0.717) is 29.5 Å². The van der Waals surface area contributed by atoms with Crippen LogP contribution in [-0.2, 0) is 23.9 Å². The smallest absolute Gasteiger partial charge is 0.419 e. The van der Waals surface area contributed by atoms with Crippen molar-refractivity contribution in [3.8, 4) is 17.3 Å². The van der Waals surface area contributed by atoms with Crippen LogP contribution in [-0.4, -0.2) is 31.9 Å². The standard InChI is InChI=1S/C23H27F3N6O2/c1-14(27)21(33)28-13-16-8-5-9-17(10-16)32-18(12-19(31-32)23(24,25)26)22-30-29-20(34-22)11-15-6-3-2-4-7-15/h5,8-10,12,14-15H,2-4,6-7,11,13,27H2,1H3,(H,28,33)/t14-/m0/s1. The Morgan fingerprint density at radius 3 is 2.71 bits per heavy atom. The zero-order chi connectivity index (χ0) is 24.3. The highest BCUT2D eigenvalue weighted by molar-refractivity contribution is 5.80. The van der Waals surface area contributed by atoms with Crippen LogP contribution in [0.4, 0.5) is 13.2 Å². The topological polar surface area (TPSA) is 112 Å². The summed E-state index contributed by atoms with van der Waals surface area (Å²) in [6, 6.07) is 6.90. The van der Waals surface area contributed by atoms with E-state index in [4.69, 9.17) is 10.2 Å². The van der Waals surface area contributed by atoms with Gasteiger partial charge in [0.05, 0.1) is 11.7 Å². The minimum atomic E-state index is -4.65. The minimum absolute atomic E-state index is 0.0236. The summed E-state index contributed by atoms with van der Waals surface area (Å²) in [4.78, 5) is 11.8. The fourth-order valence-corrected chi connectivity index (χ4v) is 4.09. The van der Waals surface area contributed by atoms with E-state index in [1.54, 1.807) is 31.2 Å². The molecule has 0 spiro atoms. The first kappa shape index (κ1) is 23.9. The Kier molecular flexibility index (Phi) is 7.01. The van der Waals surface area contributed by atoms with E-state index in [1.165, 1.54) is 6.42 Å². The van der Waals surface area contributed by atoms with Crippen molar-refractivity contribution in [3.63, 3.8) is 0 Å². The molecular weight excluding hydrogens is 449 g/mol. The van der Waals surface area contributed by atoms with Crippen LogP contribution >= 0.6 is 0 Å². The monoisotopic (exact) mass is 476 g/mol. The normalized spacial score (nSPS) is 15.9. The van der Waals surface area contributed by atoms with Crippen molar-refractivity contribution < 1.29 is 22.4 Å². The summed E-state index contributed by atoms with van der Waals surface area (Å²) in [5.74, 6) is 0.502. The van der Waals surface area contributed by atoms with Crippen LogP contribution in [0, 0.1) is 5.92 Å². The van der Waals surface area contributed by atoms with Crippen LogP contribution in [0.3, 0.4) is 0 Å². The first-order chi connectivity index (χ1) is 16.2. The maximum Gasteiger partial charge on any atom is 0.435 e. The Labute approximate surface area is 194 Å². The SMILES string of the molecule is C[C@H](N)C(=O)NCc1cccc(-n2nc(C(F)(F)F)cc2-c2nnc(CC3CCCCC3)o2)c1. The zero-order valence-electron chi connectivity index (χ0n) is 18.8. The molecule has 1 saturated carbocycles. The molecule has 1 aliphatic carbocycles. The van der Waals surface area contributed by atoms with Gasteiger partial charge in [0.2, 0.25) is 11.8 Å². The van der Waals surface area contributed by atoms with Gasteiger partial charge in [0.15, 0.2) is 5.69 Å². The zero-order valence-corrected chi connectivity index (χ0v) is 18.8. The minimum Gasteiger partial charge on any atom is -0.419 e. The fourth-order valence-electron chi connectivity index (χ4n) is 4.09. The molecule has 8 nitrogen and oxygen atoms in total. The lowest BCUT2D eigenvalue weighted by Crippen LogP contribution is -2.37. The lowest BCUT2D eigenvalue weighted by atomic mass is 9.87. The molecule has 2 heterocycles. The molecule has 2 aromatic heterocycles. The average molecular weight is 477 g/mol. The molecule has 1 aromatic carbocycles. The number of carbonyl (C=O) groups excluding carboxylic acids is 1. The van der Waals surface area contributed by atoms with Crippen LogP contribution in [0.5, 0.6) is 0 Å². The van der Waals surface area contributed by atoms with Gasteiger partial charge in [-0.05, 0) is 43.4 Å².